The molecule has 2 saturated heterocycles. The molecule has 0 aliphatic carbocycles. The molecule has 0 amide bonds. The third kappa shape index (κ3) is 4.93. The SMILES string of the molecule is Cc1cc(F)cc(-c2cnc3ccc(-c4cc(F)cc(C#N)c4O)cc3c2N2CC(CN3CCCCC3)C2)c1. The summed E-state index contributed by atoms with van der Waals surface area (Å²) in [7, 11) is 0. The summed E-state index contributed by atoms with van der Waals surface area (Å²) in [5.41, 5.74) is 4.83. The van der Waals surface area contributed by atoms with Crippen LogP contribution in [0.1, 0.15) is 30.4 Å². The van der Waals surface area contributed by atoms with Crippen molar-refractivity contribution >= 4 is 16.6 Å². The maximum Gasteiger partial charge on any atom is 0.141 e. The van der Waals surface area contributed by atoms with E-state index in [1.165, 1.54) is 37.5 Å². The molecule has 1 N–H and O–H groups in total. The number of nitriles is 1. The van der Waals surface area contributed by atoms with Gasteiger partial charge in [-0.15, -0.1) is 0 Å². The highest BCUT2D eigenvalue weighted by Gasteiger charge is 2.32. The molecule has 1 aromatic heterocycles. The zero-order valence-corrected chi connectivity index (χ0v) is 21.9. The summed E-state index contributed by atoms with van der Waals surface area (Å²) in [4.78, 5) is 9.58. The Balaban J connectivity index is 1.45. The highest BCUT2D eigenvalue weighted by Crippen LogP contribution is 2.43. The quantitative estimate of drug-likeness (QED) is 0.317. The van der Waals surface area contributed by atoms with Crippen LogP contribution in [0.5, 0.6) is 5.75 Å². The van der Waals surface area contributed by atoms with Crippen LogP contribution < -0.4 is 4.90 Å². The lowest BCUT2D eigenvalue weighted by Gasteiger charge is -2.45. The van der Waals surface area contributed by atoms with E-state index >= 15 is 0 Å². The number of pyridine rings is 1. The number of hydrogen-bond donors (Lipinski definition) is 1. The van der Waals surface area contributed by atoms with E-state index in [0.29, 0.717) is 11.5 Å². The average Bonchev–Trinajstić information content (AvgIpc) is 2.91. The first kappa shape index (κ1) is 25.3. The van der Waals surface area contributed by atoms with Crippen molar-refractivity contribution < 1.29 is 13.9 Å². The maximum absolute atomic E-state index is 14.5. The van der Waals surface area contributed by atoms with Gasteiger partial charge in [0.15, 0.2) is 0 Å². The minimum Gasteiger partial charge on any atom is -0.506 e. The number of aromatic nitrogens is 1. The molecular formula is C32H30F2N4O. The van der Waals surface area contributed by atoms with Crippen LogP contribution >= 0.6 is 0 Å². The molecule has 4 aromatic rings. The minimum absolute atomic E-state index is 0.115. The highest BCUT2D eigenvalue weighted by molar-refractivity contribution is 6.02. The summed E-state index contributed by atoms with van der Waals surface area (Å²) in [6, 6.07) is 14.6. The van der Waals surface area contributed by atoms with Gasteiger partial charge in [-0.3, -0.25) is 4.98 Å². The molecular weight excluding hydrogens is 494 g/mol. The van der Waals surface area contributed by atoms with Crippen molar-refractivity contribution in [3.05, 3.63) is 77.5 Å². The van der Waals surface area contributed by atoms with E-state index in [1.807, 2.05) is 31.2 Å². The van der Waals surface area contributed by atoms with E-state index in [-0.39, 0.29) is 22.7 Å². The molecule has 39 heavy (non-hydrogen) atoms. The topological polar surface area (TPSA) is 63.4 Å². The van der Waals surface area contributed by atoms with E-state index < -0.39 is 5.82 Å². The van der Waals surface area contributed by atoms with Crippen LogP contribution in [0.2, 0.25) is 0 Å². The van der Waals surface area contributed by atoms with Gasteiger partial charge in [0.05, 0.1) is 16.8 Å². The number of phenolic OH excluding ortho intramolecular Hbond substituents is 1. The number of benzene rings is 3. The van der Waals surface area contributed by atoms with E-state index in [1.54, 1.807) is 12.3 Å². The Bertz CT molecular complexity index is 1580. The standard InChI is InChI=1S/C32H30F2N4O/c1-20-9-23(11-25(33)10-20)29-16-36-30-6-5-22(27-14-26(34)12-24(15-35)32(27)39)13-28(30)31(29)38-18-21(19-38)17-37-7-3-2-4-8-37/h5-6,9-14,16,21,39H,2-4,7-8,17-19H2,1H3. The Morgan fingerprint density at radius 3 is 2.46 bits per heavy atom. The molecule has 0 spiro atoms. The zero-order chi connectivity index (χ0) is 27.1. The molecule has 0 atom stereocenters. The van der Waals surface area contributed by atoms with Gasteiger partial charge in [0.1, 0.15) is 23.5 Å². The van der Waals surface area contributed by atoms with Gasteiger partial charge in [-0.25, -0.2) is 8.78 Å². The second-order valence-electron chi connectivity index (χ2n) is 10.9. The van der Waals surface area contributed by atoms with Crippen molar-refractivity contribution in [2.45, 2.75) is 26.2 Å². The normalized spacial score (nSPS) is 16.3. The average molecular weight is 525 g/mol. The molecule has 3 heterocycles. The molecule has 6 rings (SSSR count). The number of likely N-dealkylation sites (tertiary alicyclic amines) is 1. The molecule has 2 aliphatic heterocycles. The Hall–Kier alpha value is -4.02. The lowest BCUT2D eigenvalue weighted by Crippen LogP contribution is -2.52. The van der Waals surface area contributed by atoms with Gasteiger partial charge in [0.2, 0.25) is 0 Å². The molecule has 5 nitrogen and oxygen atoms in total. The predicted molar refractivity (Wildman–Crippen MR) is 150 cm³/mol. The summed E-state index contributed by atoms with van der Waals surface area (Å²) in [6.07, 6.45) is 5.64. The van der Waals surface area contributed by atoms with E-state index in [0.717, 1.165) is 72.1 Å². The summed E-state index contributed by atoms with van der Waals surface area (Å²) < 4.78 is 28.8. The predicted octanol–water partition coefficient (Wildman–Crippen LogP) is 6.65. The maximum atomic E-state index is 14.5. The van der Waals surface area contributed by atoms with E-state index in [9.17, 15) is 19.1 Å². The van der Waals surface area contributed by atoms with Crippen LogP contribution in [0, 0.1) is 35.8 Å². The lowest BCUT2D eigenvalue weighted by molar-refractivity contribution is 0.180. The number of piperidine rings is 1. The van der Waals surface area contributed by atoms with E-state index in [2.05, 4.69) is 9.80 Å². The van der Waals surface area contributed by atoms with Gasteiger partial charge in [0, 0.05) is 48.3 Å². The smallest absolute Gasteiger partial charge is 0.141 e. The number of phenols is 1. The number of halogens is 2. The largest absolute Gasteiger partial charge is 0.506 e. The first-order valence-corrected chi connectivity index (χ1v) is 13.5. The number of rotatable bonds is 5. The van der Waals surface area contributed by atoms with Crippen molar-refractivity contribution in [2.75, 3.05) is 37.6 Å². The van der Waals surface area contributed by atoms with Crippen molar-refractivity contribution in [3.63, 3.8) is 0 Å². The molecule has 2 aliphatic rings. The number of fused-ring (bicyclic) bond motifs is 1. The van der Waals surface area contributed by atoms with Crippen LogP contribution in [-0.2, 0) is 0 Å². The monoisotopic (exact) mass is 524 g/mol. The number of aryl methyl sites for hydroxylation is 1. The van der Waals surface area contributed by atoms with Crippen LogP contribution in [0.25, 0.3) is 33.2 Å². The van der Waals surface area contributed by atoms with Crippen molar-refractivity contribution in [2.24, 2.45) is 5.92 Å². The van der Waals surface area contributed by atoms with Gasteiger partial charge < -0.3 is 14.9 Å². The van der Waals surface area contributed by atoms with Crippen molar-refractivity contribution in [3.8, 4) is 34.1 Å². The first-order valence-electron chi connectivity index (χ1n) is 13.5. The molecule has 0 unspecified atom stereocenters. The number of nitrogens with zero attached hydrogens (tertiary/aromatic N) is 4. The summed E-state index contributed by atoms with van der Waals surface area (Å²) >= 11 is 0. The van der Waals surface area contributed by atoms with Crippen LogP contribution in [0.3, 0.4) is 0 Å². The molecule has 7 heteroatoms. The fourth-order valence-electron chi connectivity index (χ4n) is 6.07. The number of aromatic hydroxyl groups is 1. The first-order chi connectivity index (χ1) is 18.9. The third-order valence-corrected chi connectivity index (χ3v) is 7.94. The summed E-state index contributed by atoms with van der Waals surface area (Å²) in [5, 5.41) is 20.9. The van der Waals surface area contributed by atoms with Gasteiger partial charge in [-0.1, -0.05) is 18.6 Å². The number of hydrogen-bond acceptors (Lipinski definition) is 5. The van der Waals surface area contributed by atoms with Gasteiger partial charge >= 0.3 is 0 Å². The van der Waals surface area contributed by atoms with Crippen LogP contribution in [0.15, 0.2) is 54.7 Å². The highest BCUT2D eigenvalue weighted by atomic mass is 19.1. The Labute approximate surface area is 226 Å². The van der Waals surface area contributed by atoms with Crippen molar-refractivity contribution in [1.29, 1.82) is 5.26 Å². The second kappa shape index (κ2) is 10.3. The summed E-state index contributed by atoms with van der Waals surface area (Å²) in [5.74, 6) is -0.604. The fourth-order valence-corrected chi connectivity index (χ4v) is 6.07. The van der Waals surface area contributed by atoms with E-state index in [4.69, 9.17) is 4.98 Å². The summed E-state index contributed by atoms with van der Waals surface area (Å²) in [6.45, 7) is 7.03. The van der Waals surface area contributed by atoms with Gasteiger partial charge in [0.25, 0.3) is 0 Å². The minimum atomic E-state index is -0.593. The lowest BCUT2D eigenvalue weighted by atomic mass is 9.92. The zero-order valence-electron chi connectivity index (χ0n) is 21.9. The molecule has 0 saturated carbocycles. The van der Waals surface area contributed by atoms with Crippen molar-refractivity contribution in [1.82, 2.24) is 9.88 Å². The Morgan fingerprint density at radius 1 is 0.949 bits per heavy atom. The van der Waals surface area contributed by atoms with Crippen LogP contribution in [-0.4, -0.2) is 47.7 Å². The Morgan fingerprint density at radius 2 is 1.72 bits per heavy atom. The van der Waals surface area contributed by atoms with Gasteiger partial charge in [-0.05, 0) is 85.9 Å². The second-order valence-corrected chi connectivity index (χ2v) is 10.9. The molecule has 3 aromatic carbocycles. The third-order valence-electron chi connectivity index (χ3n) is 7.94. The molecule has 198 valence electrons. The fraction of sp³-hybridized carbons (Fsp3) is 0.312. The molecule has 0 radical (unpaired) electrons. The van der Waals surface area contributed by atoms with Gasteiger partial charge in [-0.2, -0.15) is 5.26 Å². The molecule has 0 bridgehead atoms. The Kier molecular flexibility index (Phi) is 6.66. The molecule has 2 fully saturated rings. The number of anilines is 1. The van der Waals surface area contributed by atoms with Crippen LogP contribution in [0.4, 0.5) is 14.5 Å².